The molecule has 6 nitrogen and oxygen atoms in total. The number of benzene rings is 2. The number of sulfonamides is 1. The molecule has 0 saturated carbocycles. The summed E-state index contributed by atoms with van der Waals surface area (Å²) in [6, 6.07) is 12.1. The molecule has 3 rings (SSSR count). The molecule has 0 unspecified atom stereocenters. The molecule has 9 heteroatoms. The van der Waals surface area contributed by atoms with Crippen LogP contribution in [0.15, 0.2) is 52.5 Å². The summed E-state index contributed by atoms with van der Waals surface area (Å²) >= 11 is 7.55. The maximum absolute atomic E-state index is 11.5. The van der Waals surface area contributed by atoms with Crippen LogP contribution in [-0.4, -0.2) is 30.3 Å². The van der Waals surface area contributed by atoms with Gasteiger partial charge in [-0.05, 0) is 49.7 Å². The Labute approximate surface area is 167 Å². The van der Waals surface area contributed by atoms with Crippen molar-refractivity contribution in [2.75, 3.05) is 12.4 Å². The van der Waals surface area contributed by atoms with E-state index in [1.54, 1.807) is 30.0 Å². The first-order chi connectivity index (χ1) is 12.9. The van der Waals surface area contributed by atoms with Crippen molar-refractivity contribution in [3.63, 3.8) is 0 Å². The van der Waals surface area contributed by atoms with Crippen molar-refractivity contribution < 1.29 is 13.2 Å². The Kier molecular flexibility index (Phi) is 6.31. The van der Waals surface area contributed by atoms with E-state index >= 15 is 0 Å². The van der Waals surface area contributed by atoms with E-state index in [1.165, 1.54) is 12.1 Å². The zero-order valence-corrected chi connectivity index (χ0v) is 17.1. The molecule has 0 spiro atoms. The number of ether oxygens (including phenoxy) is 1. The van der Waals surface area contributed by atoms with Gasteiger partial charge >= 0.3 is 0 Å². The number of nitrogens with zero attached hydrogens (tertiary/aromatic N) is 2. The number of hydrogen-bond donors (Lipinski definition) is 1. The molecule has 2 aromatic carbocycles. The van der Waals surface area contributed by atoms with Crippen molar-refractivity contribution in [2.24, 2.45) is 5.14 Å². The zero-order chi connectivity index (χ0) is 19.4. The minimum Gasteiger partial charge on any atom is -0.494 e. The Morgan fingerprint density at radius 1 is 1.26 bits per heavy atom. The minimum atomic E-state index is -3.74. The zero-order valence-electron chi connectivity index (χ0n) is 14.8. The van der Waals surface area contributed by atoms with Crippen molar-refractivity contribution in [2.45, 2.75) is 29.9 Å². The Morgan fingerprint density at radius 3 is 2.78 bits per heavy atom. The van der Waals surface area contributed by atoms with Gasteiger partial charge in [0.1, 0.15) is 5.75 Å². The molecule has 0 amide bonds. The van der Waals surface area contributed by atoms with E-state index < -0.39 is 10.0 Å². The number of halogens is 1. The van der Waals surface area contributed by atoms with Gasteiger partial charge in [0.05, 0.1) is 22.5 Å². The van der Waals surface area contributed by atoms with Crippen LogP contribution in [0.1, 0.15) is 13.3 Å². The quantitative estimate of drug-likeness (QED) is 0.436. The van der Waals surface area contributed by atoms with Crippen LogP contribution in [0.4, 0.5) is 0 Å². The van der Waals surface area contributed by atoms with E-state index in [-0.39, 0.29) is 4.90 Å². The third-order valence-corrected chi connectivity index (χ3v) is 6.12. The molecule has 0 radical (unpaired) electrons. The largest absolute Gasteiger partial charge is 0.494 e. The average Bonchev–Trinajstić information content (AvgIpc) is 2.97. The van der Waals surface area contributed by atoms with Crippen molar-refractivity contribution in [3.05, 3.63) is 47.5 Å². The standard InChI is InChI=1S/C18H20ClN3O3S2/c1-2-22-17-8-7-15(27(20,23)24)12-16(17)21-18(22)26-10-4-9-25-14-6-3-5-13(19)11-14/h3,5-8,11-12H,2,4,9-10H2,1H3,(H2,20,23,24). The number of rotatable bonds is 8. The summed E-state index contributed by atoms with van der Waals surface area (Å²) in [5.74, 6) is 1.58. The van der Waals surface area contributed by atoms with E-state index in [1.807, 2.05) is 19.1 Å². The first-order valence-corrected chi connectivity index (χ1v) is 11.3. The molecule has 2 N–H and O–H groups in total. The molecular formula is C18H20ClN3O3S2. The lowest BCUT2D eigenvalue weighted by molar-refractivity contribution is 0.318. The summed E-state index contributed by atoms with van der Waals surface area (Å²) in [5.41, 5.74) is 1.52. The number of imidazole rings is 1. The van der Waals surface area contributed by atoms with Gasteiger partial charge in [-0.25, -0.2) is 18.5 Å². The third-order valence-electron chi connectivity index (χ3n) is 3.91. The highest BCUT2D eigenvalue weighted by molar-refractivity contribution is 7.99. The summed E-state index contributed by atoms with van der Waals surface area (Å²) in [7, 11) is -3.74. The van der Waals surface area contributed by atoms with E-state index in [0.29, 0.717) is 17.1 Å². The molecule has 0 aliphatic carbocycles. The highest BCUT2D eigenvalue weighted by atomic mass is 35.5. The molecule has 0 fully saturated rings. The van der Waals surface area contributed by atoms with Crippen LogP contribution < -0.4 is 9.88 Å². The molecule has 1 heterocycles. The lowest BCUT2D eigenvalue weighted by atomic mass is 10.3. The number of aryl methyl sites for hydroxylation is 1. The fourth-order valence-corrected chi connectivity index (χ4v) is 4.35. The van der Waals surface area contributed by atoms with E-state index in [0.717, 1.165) is 35.1 Å². The first kappa shape index (κ1) is 20.0. The fourth-order valence-electron chi connectivity index (χ4n) is 2.65. The molecule has 0 bridgehead atoms. The summed E-state index contributed by atoms with van der Waals surface area (Å²) in [5, 5.41) is 6.71. The normalized spacial score (nSPS) is 11.8. The highest BCUT2D eigenvalue weighted by Gasteiger charge is 2.14. The van der Waals surface area contributed by atoms with Gasteiger partial charge in [0.2, 0.25) is 10.0 Å². The minimum absolute atomic E-state index is 0.0715. The summed E-state index contributed by atoms with van der Waals surface area (Å²) in [4.78, 5) is 4.64. The molecule has 27 heavy (non-hydrogen) atoms. The Hall–Kier alpha value is -1.74. The Morgan fingerprint density at radius 2 is 2.07 bits per heavy atom. The van der Waals surface area contributed by atoms with Gasteiger partial charge in [0, 0.05) is 17.3 Å². The lowest BCUT2D eigenvalue weighted by Crippen LogP contribution is -2.11. The summed E-state index contributed by atoms with van der Waals surface area (Å²) in [6.45, 7) is 3.35. The topological polar surface area (TPSA) is 87.2 Å². The van der Waals surface area contributed by atoms with Crippen LogP contribution in [0.5, 0.6) is 5.75 Å². The number of primary sulfonamides is 1. The van der Waals surface area contributed by atoms with Gasteiger partial charge in [0.15, 0.2) is 5.16 Å². The number of thioether (sulfide) groups is 1. The van der Waals surface area contributed by atoms with Gasteiger partial charge in [-0.1, -0.05) is 29.4 Å². The molecular weight excluding hydrogens is 406 g/mol. The molecule has 0 aliphatic heterocycles. The third kappa shape index (κ3) is 4.95. The van der Waals surface area contributed by atoms with E-state index in [2.05, 4.69) is 9.55 Å². The number of aromatic nitrogens is 2. The van der Waals surface area contributed by atoms with Crippen LogP contribution in [-0.2, 0) is 16.6 Å². The van der Waals surface area contributed by atoms with E-state index in [9.17, 15) is 8.42 Å². The van der Waals surface area contributed by atoms with Gasteiger partial charge in [-0.2, -0.15) is 0 Å². The van der Waals surface area contributed by atoms with Crippen molar-refractivity contribution >= 4 is 44.4 Å². The molecule has 1 aromatic heterocycles. The lowest BCUT2D eigenvalue weighted by Gasteiger charge is -2.07. The van der Waals surface area contributed by atoms with E-state index in [4.69, 9.17) is 21.5 Å². The fraction of sp³-hybridized carbons (Fsp3) is 0.278. The molecule has 0 atom stereocenters. The van der Waals surface area contributed by atoms with Crippen LogP contribution in [0.3, 0.4) is 0 Å². The van der Waals surface area contributed by atoms with Gasteiger partial charge < -0.3 is 9.30 Å². The Balaban J connectivity index is 1.64. The predicted octanol–water partition coefficient (Wildman–Crippen LogP) is 3.92. The van der Waals surface area contributed by atoms with Crippen LogP contribution >= 0.6 is 23.4 Å². The van der Waals surface area contributed by atoms with Crippen LogP contribution in [0.25, 0.3) is 11.0 Å². The first-order valence-electron chi connectivity index (χ1n) is 8.42. The smallest absolute Gasteiger partial charge is 0.238 e. The van der Waals surface area contributed by atoms with Gasteiger partial charge in [-0.3, -0.25) is 0 Å². The molecule has 144 valence electrons. The Bertz CT molecular complexity index is 1050. The second-order valence-electron chi connectivity index (χ2n) is 5.84. The predicted molar refractivity (Wildman–Crippen MR) is 109 cm³/mol. The molecule has 0 aliphatic rings. The maximum atomic E-state index is 11.5. The number of fused-ring (bicyclic) bond motifs is 1. The number of hydrogen-bond acceptors (Lipinski definition) is 5. The number of nitrogens with two attached hydrogens (primary N) is 1. The van der Waals surface area contributed by atoms with Gasteiger partial charge in [0.25, 0.3) is 0 Å². The second-order valence-corrected chi connectivity index (χ2v) is 8.90. The molecule has 3 aromatic rings. The second kappa shape index (κ2) is 8.52. The van der Waals surface area contributed by atoms with Crippen molar-refractivity contribution in [3.8, 4) is 5.75 Å². The summed E-state index contributed by atoms with van der Waals surface area (Å²) in [6.07, 6.45) is 0.840. The van der Waals surface area contributed by atoms with Gasteiger partial charge in [-0.15, -0.1) is 0 Å². The van der Waals surface area contributed by atoms with Crippen LogP contribution in [0, 0.1) is 0 Å². The highest BCUT2D eigenvalue weighted by Crippen LogP contribution is 2.26. The SMILES string of the molecule is CCn1c(SCCCOc2cccc(Cl)c2)nc2cc(S(N)(=O)=O)ccc21. The maximum Gasteiger partial charge on any atom is 0.238 e. The summed E-state index contributed by atoms with van der Waals surface area (Å²) < 4.78 is 30.8. The van der Waals surface area contributed by atoms with Crippen molar-refractivity contribution in [1.82, 2.24) is 9.55 Å². The molecule has 0 saturated heterocycles. The average molecular weight is 426 g/mol. The monoisotopic (exact) mass is 425 g/mol. The van der Waals surface area contributed by atoms with Crippen molar-refractivity contribution in [1.29, 1.82) is 0 Å². The van der Waals surface area contributed by atoms with Crippen LogP contribution in [0.2, 0.25) is 5.02 Å².